The molecule has 0 saturated carbocycles. The third-order valence-electron chi connectivity index (χ3n) is 2.91. The lowest BCUT2D eigenvalue weighted by Gasteiger charge is -2.16. The van der Waals surface area contributed by atoms with E-state index in [4.69, 9.17) is 4.74 Å². The van der Waals surface area contributed by atoms with Crippen LogP contribution in [0.2, 0.25) is 0 Å². The molecule has 0 aromatic heterocycles. The van der Waals surface area contributed by atoms with Crippen molar-refractivity contribution in [3.63, 3.8) is 0 Å². The molecule has 7 heteroatoms. The Morgan fingerprint density at radius 2 is 1.83 bits per heavy atom. The van der Waals surface area contributed by atoms with Gasteiger partial charge in [0, 0.05) is 0 Å². The minimum atomic E-state index is -5.04. The van der Waals surface area contributed by atoms with Gasteiger partial charge in [0.1, 0.15) is 6.04 Å². The molecular weight excluding hydrogens is 311 g/mol. The van der Waals surface area contributed by atoms with Gasteiger partial charge in [0.15, 0.2) is 0 Å². The van der Waals surface area contributed by atoms with E-state index in [1.807, 2.05) is 0 Å². The van der Waals surface area contributed by atoms with Gasteiger partial charge < -0.3 is 10.1 Å². The van der Waals surface area contributed by atoms with E-state index in [9.17, 15) is 22.8 Å². The number of rotatable bonds is 10. The van der Waals surface area contributed by atoms with Gasteiger partial charge in [-0.25, -0.2) is 4.79 Å². The molecule has 1 atom stereocenters. The minimum Gasteiger partial charge on any atom is -0.464 e. The van der Waals surface area contributed by atoms with E-state index >= 15 is 0 Å². The first kappa shape index (κ1) is 21.5. The highest BCUT2D eigenvalue weighted by atomic mass is 19.4. The largest absolute Gasteiger partial charge is 0.471 e. The highest BCUT2D eigenvalue weighted by molar-refractivity contribution is 5.88. The summed E-state index contributed by atoms with van der Waals surface area (Å²) >= 11 is 0. The number of hydrogen-bond acceptors (Lipinski definition) is 3. The van der Waals surface area contributed by atoms with Crippen LogP contribution < -0.4 is 5.32 Å². The Kier molecular flexibility index (Phi) is 10.3. The fraction of sp³-hybridized carbons (Fsp3) is 0.750. The van der Waals surface area contributed by atoms with Crippen LogP contribution in [0.15, 0.2) is 12.2 Å². The van der Waals surface area contributed by atoms with E-state index in [1.165, 1.54) is 6.08 Å². The monoisotopic (exact) mass is 337 g/mol. The molecule has 0 aliphatic carbocycles. The molecule has 4 nitrogen and oxygen atoms in total. The number of alkyl halides is 3. The van der Waals surface area contributed by atoms with Gasteiger partial charge in [-0.1, -0.05) is 52.2 Å². The number of amides is 1. The smallest absolute Gasteiger partial charge is 0.464 e. The second kappa shape index (κ2) is 11.1. The third kappa shape index (κ3) is 10.8. The molecule has 0 spiro atoms. The standard InChI is InChI=1S/C16H26F3NO3/c1-4-5-6-7-8-9-10-13(14(21)23-11-12(2)3)20-15(22)16(17,18)19/h9-10,12-13H,4-8,11H2,1-3H3,(H,20,22). The second-order valence-electron chi connectivity index (χ2n) is 5.75. The zero-order valence-electron chi connectivity index (χ0n) is 13.9. The Hall–Kier alpha value is -1.53. The number of hydrogen-bond donors (Lipinski definition) is 1. The Labute approximate surface area is 135 Å². The maximum absolute atomic E-state index is 12.3. The molecule has 0 aliphatic heterocycles. The van der Waals surface area contributed by atoms with Crippen LogP contribution in [-0.4, -0.2) is 30.7 Å². The van der Waals surface area contributed by atoms with Crippen molar-refractivity contribution >= 4 is 11.9 Å². The van der Waals surface area contributed by atoms with Gasteiger partial charge in [-0.3, -0.25) is 4.79 Å². The molecule has 0 bridgehead atoms. The summed E-state index contributed by atoms with van der Waals surface area (Å²) in [6.07, 6.45) is 2.52. The van der Waals surface area contributed by atoms with Gasteiger partial charge in [-0.05, 0) is 18.8 Å². The van der Waals surface area contributed by atoms with Gasteiger partial charge in [0.25, 0.3) is 0 Å². The molecule has 0 saturated heterocycles. The van der Waals surface area contributed by atoms with Gasteiger partial charge in [0.2, 0.25) is 0 Å². The van der Waals surface area contributed by atoms with Gasteiger partial charge >= 0.3 is 18.1 Å². The number of carbonyl (C=O) groups is 2. The molecule has 0 rings (SSSR count). The van der Waals surface area contributed by atoms with Crippen molar-refractivity contribution < 1.29 is 27.5 Å². The summed E-state index contributed by atoms with van der Waals surface area (Å²) in [4.78, 5) is 22.8. The maximum Gasteiger partial charge on any atom is 0.471 e. The van der Waals surface area contributed by atoms with Gasteiger partial charge in [-0.2, -0.15) is 13.2 Å². The topological polar surface area (TPSA) is 55.4 Å². The number of allylic oxidation sites excluding steroid dienone is 1. The number of halogens is 3. The maximum atomic E-state index is 12.3. The Morgan fingerprint density at radius 3 is 2.35 bits per heavy atom. The van der Waals surface area contributed by atoms with E-state index in [0.29, 0.717) is 6.42 Å². The lowest BCUT2D eigenvalue weighted by molar-refractivity contribution is -0.175. The Bertz CT molecular complexity index is 393. The highest BCUT2D eigenvalue weighted by Gasteiger charge is 2.40. The first-order valence-electron chi connectivity index (χ1n) is 7.89. The zero-order chi connectivity index (χ0) is 17.9. The molecular formula is C16H26F3NO3. The summed E-state index contributed by atoms with van der Waals surface area (Å²) in [6.45, 7) is 5.77. The van der Waals surface area contributed by atoms with Crippen molar-refractivity contribution in [2.45, 2.75) is 65.1 Å². The highest BCUT2D eigenvalue weighted by Crippen LogP contribution is 2.15. The van der Waals surface area contributed by atoms with Crippen LogP contribution in [0, 0.1) is 5.92 Å². The quantitative estimate of drug-likeness (QED) is 0.375. The average molecular weight is 337 g/mol. The number of ether oxygens (including phenoxy) is 1. The summed E-state index contributed by atoms with van der Waals surface area (Å²) in [6, 6.07) is -1.42. The van der Waals surface area contributed by atoms with E-state index in [2.05, 4.69) is 6.92 Å². The summed E-state index contributed by atoms with van der Waals surface area (Å²) < 4.78 is 41.9. The summed E-state index contributed by atoms with van der Waals surface area (Å²) in [5.41, 5.74) is 0. The molecule has 0 fully saturated rings. The van der Waals surface area contributed by atoms with Gasteiger partial charge in [0.05, 0.1) is 6.61 Å². The lowest BCUT2D eigenvalue weighted by Crippen LogP contribution is -2.46. The van der Waals surface area contributed by atoms with E-state index in [-0.39, 0.29) is 12.5 Å². The molecule has 134 valence electrons. The first-order chi connectivity index (χ1) is 10.7. The predicted octanol–water partition coefficient (Wildman–Crippen LogP) is 3.76. The molecule has 0 aromatic rings. The van der Waals surface area contributed by atoms with Crippen LogP contribution in [0.3, 0.4) is 0 Å². The minimum absolute atomic E-state index is 0.0518. The van der Waals surface area contributed by atoms with E-state index < -0.39 is 24.1 Å². The normalized spacial score (nSPS) is 13.3. The van der Waals surface area contributed by atoms with Crippen LogP contribution in [0.1, 0.15) is 52.9 Å². The van der Waals surface area contributed by atoms with Crippen LogP contribution in [0.25, 0.3) is 0 Å². The number of carbonyl (C=O) groups excluding carboxylic acids is 2. The van der Waals surface area contributed by atoms with Crippen molar-refractivity contribution in [3.05, 3.63) is 12.2 Å². The third-order valence-corrected chi connectivity index (χ3v) is 2.91. The average Bonchev–Trinajstić information content (AvgIpc) is 2.45. The number of unbranched alkanes of at least 4 members (excludes halogenated alkanes) is 4. The van der Waals surface area contributed by atoms with Crippen molar-refractivity contribution in [1.29, 1.82) is 0 Å². The molecule has 1 N–H and O–H groups in total. The summed E-state index contributed by atoms with van der Waals surface area (Å²) in [5, 5.41) is 1.66. The predicted molar refractivity (Wildman–Crippen MR) is 81.7 cm³/mol. The van der Waals surface area contributed by atoms with E-state index in [0.717, 1.165) is 25.7 Å². The van der Waals surface area contributed by atoms with Crippen LogP contribution in [-0.2, 0) is 14.3 Å². The molecule has 1 amide bonds. The summed E-state index contributed by atoms with van der Waals surface area (Å²) in [7, 11) is 0. The molecule has 0 radical (unpaired) electrons. The Morgan fingerprint density at radius 1 is 1.17 bits per heavy atom. The first-order valence-corrected chi connectivity index (χ1v) is 7.89. The number of nitrogens with one attached hydrogen (secondary N) is 1. The SMILES string of the molecule is CCCCCCC=CC(NC(=O)C(F)(F)F)C(=O)OCC(C)C. The molecule has 1 unspecified atom stereocenters. The molecule has 0 heterocycles. The van der Waals surface area contributed by atoms with Crippen molar-refractivity contribution in [2.24, 2.45) is 5.92 Å². The number of esters is 1. The Balaban J connectivity index is 4.63. The van der Waals surface area contributed by atoms with Crippen LogP contribution in [0.5, 0.6) is 0 Å². The fourth-order valence-electron chi connectivity index (χ4n) is 1.67. The van der Waals surface area contributed by atoms with Crippen molar-refractivity contribution in [1.82, 2.24) is 5.32 Å². The van der Waals surface area contributed by atoms with Crippen LogP contribution >= 0.6 is 0 Å². The molecule has 0 aromatic carbocycles. The molecule has 0 aliphatic rings. The van der Waals surface area contributed by atoms with Crippen molar-refractivity contribution in [3.8, 4) is 0 Å². The zero-order valence-corrected chi connectivity index (χ0v) is 13.9. The lowest BCUT2D eigenvalue weighted by atomic mass is 10.1. The van der Waals surface area contributed by atoms with E-state index in [1.54, 1.807) is 25.2 Å². The van der Waals surface area contributed by atoms with Crippen LogP contribution in [0.4, 0.5) is 13.2 Å². The van der Waals surface area contributed by atoms with Crippen molar-refractivity contribution in [2.75, 3.05) is 6.61 Å². The summed E-state index contributed by atoms with van der Waals surface area (Å²) in [5.74, 6) is -2.99. The molecule has 23 heavy (non-hydrogen) atoms. The van der Waals surface area contributed by atoms with Gasteiger partial charge in [-0.15, -0.1) is 0 Å². The fourth-order valence-corrected chi connectivity index (χ4v) is 1.67. The second-order valence-corrected chi connectivity index (χ2v) is 5.75.